The summed E-state index contributed by atoms with van der Waals surface area (Å²) in [4.78, 5) is 0. The van der Waals surface area contributed by atoms with Crippen LogP contribution in [-0.4, -0.2) is 6.54 Å². The van der Waals surface area contributed by atoms with E-state index >= 15 is 0 Å². The van der Waals surface area contributed by atoms with Gasteiger partial charge in [0.05, 0.1) is 0 Å². The summed E-state index contributed by atoms with van der Waals surface area (Å²) in [7, 11) is 0. The molecule has 0 radical (unpaired) electrons. The highest BCUT2D eigenvalue weighted by molar-refractivity contribution is 5.42. The lowest BCUT2D eigenvalue weighted by Crippen LogP contribution is -2.14. The van der Waals surface area contributed by atoms with Crippen LogP contribution in [0.1, 0.15) is 29.0 Å². The Hall–Kier alpha value is -1.76. The molecule has 1 aromatic carbocycles. The molecule has 0 spiro atoms. The number of nitrogens with one attached hydrogen (secondary N) is 1. The predicted molar refractivity (Wildman–Crippen MR) is 72.0 cm³/mol. The van der Waals surface area contributed by atoms with Crippen molar-refractivity contribution in [1.82, 2.24) is 5.43 Å². The van der Waals surface area contributed by atoms with Gasteiger partial charge < -0.3 is 11.2 Å². The van der Waals surface area contributed by atoms with Gasteiger partial charge in [0, 0.05) is 17.7 Å². The molecule has 0 aromatic heterocycles. The Labute approximate surface area is 103 Å². The zero-order valence-corrected chi connectivity index (χ0v) is 10.1. The first kappa shape index (κ1) is 13.3. The molecule has 90 valence electrons. The molecule has 0 amide bonds. The van der Waals surface area contributed by atoms with E-state index in [-0.39, 0.29) is 5.92 Å². The molecule has 0 saturated carbocycles. The first-order valence-corrected chi connectivity index (χ1v) is 5.63. The summed E-state index contributed by atoms with van der Waals surface area (Å²) in [5.74, 6) is 8.14. The number of rotatable bonds is 5. The van der Waals surface area contributed by atoms with Gasteiger partial charge in [0.25, 0.3) is 0 Å². The first-order valence-electron chi connectivity index (χ1n) is 5.63. The van der Waals surface area contributed by atoms with E-state index in [0.29, 0.717) is 6.54 Å². The van der Waals surface area contributed by atoms with Gasteiger partial charge in [-0.3, -0.25) is 5.84 Å². The van der Waals surface area contributed by atoms with Crippen LogP contribution in [0.25, 0.3) is 0 Å². The number of hydrazine groups is 1. The molecule has 0 saturated heterocycles. The van der Waals surface area contributed by atoms with Crippen LogP contribution in [0.2, 0.25) is 0 Å². The largest absolute Gasteiger partial charge is 0.332 e. The summed E-state index contributed by atoms with van der Waals surface area (Å²) in [6.45, 7) is 2.70. The van der Waals surface area contributed by atoms with Gasteiger partial charge in [-0.2, -0.15) is 0 Å². The second kappa shape index (κ2) is 6.74. The minimum atomic E-state index is 0.240. The van der Waals surface area contributed by atoms with Crippen molar-refractivity contribution in [3.05, 3.63) is 47.2 Å². The monoisotopic (exact) mass is 229 g/mol. The van der Waals surface area contributed by atoms with Gasteiger partial charge in [-0.1, -0.05) is 18.1 Å². The lowest BCUT2D eigenvalue weighted by Gasteiger charge is -2.15. The molecule has 0 aliphatic heterocycles. The van der Waals surface area contributed by atoms with Gasteiger partial charge in [0.2, 0.25) is 0 Å². The van der Waals surface area contributed by atoms with Crippen LogP contribution in [0.15, 0.2) is 30.5 Å². The van der Waals surface area contributed by atoms with Crippen LogP contribution in [0.3, 0.4) is 0 Å². The molecular weight excluding hydrogens is 210 g/mol. The molecule has 0 fully saturated rings. The fourth-order valence-electron chi connectivity index (χ4n) is 1.84. The molecule has 1 aromatic rings. The Morgan fingerprint density at radius 2 is 2.29 bits per heavy atom. The summed E-state index contributed by atoms with van der Waals surface area (Å²) >= 11 is 0. The number of hydrogen-bond acceptors (Lipinski definition) is 3. The number of aryl methyl sites for hydroxylation is 1. The SMILES string of the molecule is C#Cc1ccc(C)c(C(/C=C\NN)CCN)c1. The van der Waals surface area contributed by atoms with Crippen molar-refractivity contribution in [3.8, 4) is 12.3 Å². The van der Waals surface area contributed by atoms with E-state index in [1.165, 1.54) is 11.1 Å². The van der Waals surface area contributed by atoms with Gasteiger partial charge in [0.1, 0.15) is 0 Å². The second-order valence-electron chi connectivity index (χ2n) is 3.93. The third-order valence-corrected chi connectivity index (χ3v) is 2.75. The van der Waals surface area contributed by atoms with Gasteiger partial charge in [-0.05, 0) is 43.1 Å². The van der Waals surface area contributed by atoms with Crippen molar-refractivity contribution < 1.29 is 0 Å². The average molecular weight is 229 g/mol. The zero-order chi connectivity index (χ0) is 12.7. The Morgan fingerprint density at radius 1 is 1.53 bits per heavy atom. The van der Waals surface area contributed by atoms with Crippen LogP contribution < -0.4 is 17.0 Å². The summed E-state index contributed by atoms with van der Waals surface area (Å²) in [5.41, 5.74) is 11.5. The summed E-state index contributed by atoms with van der Waals surface area (Å²) in [5, 5.41) is 0. The Kier molecular flexibility index (Phi) is 5.28. The van der Waals surface area contributed by atoms with Crippen molar-refractivity contribution in [2.24, 2.45) is 11.6 Å². The third-order valence-electron chi connectivity index (χ3n) is 2.75. The summed E-state index contributed by atoms with van der Waals surface area (Å²) < 4.78 is 0. The molecule has 3 nitrogen and oxygen atoms in total. The van der Waals surface area contributed by atoms with Crippen LogP contribution in [0.4, 0.5) is 0 Å². The van der Waals surface area contributed by atoms with Gasteiger partial charge in [-0.25, -0.2) is 0 Å². The molecule has 0 bridgehead atoms. The maximum Gasteiger partial charge on any atom is 0.0245 e. The van der Waals surface area contributed by atoms with Crippen LogP contribution in [0.5, 0.6) is 0 Å². The normalized spacial score (nSPS) is 12.4. The molecule has 0 aliphatic rings. The molecule has 1 atom stereocenters. The highest BCUT2D eigenvalue weighted by Crippen LogP contribution is 2.25. The molecule has 0 aliphatic carbocycles. The Morgan fingerprint density at radius 3 is 2.88 bits per heavy atom. The van der Waals surface area contributed by atoms with Crippen molar-refractivity contribution in [2.45, 2.75) is 19.3 Å². The van der Waals surface area contributed by atoms with Gasteiger partial charge in [-0.15, -0.1) is 6.42 Å². The molecule has 1 unspecified atom stereocenters. The Balaban J connectivity index is 3.08. The van der Waals surface area contributed by atoms with Crippen molar-refractivity contribution in [3.63, 3.8) is 0 Å². The molecule has 17 heavy (non-hydrogen) atoms. The lowest BCUT2D eigenvalue weighted by atomic mass is 9.90. The number of benzene rings is 1. The van der Waals surface area contributed by atoms with E-state index in [9.17, 15) is 0 Å². The van der Waals surface area contributed by atoms with Crippen LogP contribution in [-0.2, 0) is 0 Å². The van der Waals surface area contributed by atoms with E-state index in [0.717, 1.165) is 12.0 Å². The van der Waals surface area contributed by atoms with E-state index in [4.69, 9.17) is 18.0 Å². The lowest BCUT2D eigenvalue weighted by molar-refractivity contribution is 0.736. The highest BCUT2D eigenvalue weighted by atomic mass is 15.2. The average Bonchev–Trinajstić information content (AvgIpc) is 2.35. The Bertz CT molecular complexity index is 430. The molecule has 0 heterocycles. The van der Waals surface area contributed by atoms with Gasteiger partial charge in [0.15, 0.2) is 0 Å². The maximum absolute atomic E-state index is 5.63. The molecule has 3 heteroatoms. The standard InChI is InChI=1S/C14H19N3/c1-3-12-5-4-11(2)14(10-12)13(6-8-15)7-9-17-16/h1,4-5,7,9-10,13,17H,6,8,15-16H2,2H3/b9-7-. The zero-order valence-electron chi connectivity index (χ0n) is 10.1. The summed E-state index contributed by atoms with van der Waals surface area (Å²) in [6.07, 6.45) is 10.0. The number of terminal acetylenes is 1. The second-order valence-corrected chi connectivity index (χ2v) is 3.93. The van der Waals surface area contributed by atoms with E-state index in [2.05, 4.69) is 18.3 Å². The topological polar surface area (TPSA) is 64.1 Å². The molecule has 1 rings (SSSR count). The van der Waals surface area contributed by atoms with Crippen molar-refractivity contribution in [2.75, 3.05) is 6.54 Å². The number of nitrogens with two attached hydrogens (primary N) is 2. The fourth-order valence-corrected chi connectivity index (χ4v) is 1.84. The third kappa shape index (κ3) is 3.63. The summed E-state index contributed by atoms with van der Waals surface area (Å²) in [6, 6.07) is 6.03. The molecule has 5 N–H and O–H groups in total. The predicted octanol–water partition coefficient (Wildman–Crippen LogP) is 1.39. The maximum atomic E-state index is 5.63. The molecular formula is C14H19N3. The van der Waals surface area contributed by atoms with Crippen molar-refractivity contribution in [1.29, 1.82) is 0 Å². The van der Waals surface area contributed by atoms with Crippen molar-refractivity contribution >= 4 is 0 Å². The van der Waals surface area contributed by atoms with E-state index in [1.54, 1.807) is 6.20 Å². The smallest absolute Gasteiger partial charge is 0.0245 e. The minimum Gasteiger partial charge on any atom is -0.332 e. The van der Waals surface area contributed by atoms with E-state index in [1.807, 2.05) is 24.3 Å². The number of allylic oxidation sites excluding steroid dienone is 1. The van der Waals surface area contributed by atoms with Gasteiger partial charge >= 0.3 is 0 Å². The van der Waals surface area contributed by atoms with E-state index < -0.39 is 0 Å². The first-order chi connectivity index (χ1) is 8.22. The quantitative estimate of drug-likeness (QED) is 0.406. The highest BCUT2D eigenvalue weighted by Gasteiger charge is 2.10. The van der Waals surface area contributed by atoms with Crippen LogP contribution in [0, 0.1) is 19.3 Å². The van der Waals surface area contributed by atoms with Crippen LogP contribution >= 0.6 is 0 Å². The fraction of sp³-hybridized carbons (Fsp3) is 0.286. The minimum absolute atomic E-state index is 0.240. The number of hydrogen-bond donors (Lipinski definition) is 3.